The lowest BCUT2D eigenvalue weighted by Crippen LogP contribution is -2.29. The SMILES string of the molecule is CC1(C)CCc2cn[nH]c2C1CCN. The van der Waals surface area contributed by atoms with Gasteiger partial charge in [0.25, 0.3) is 0 Å². The van der Waals surface area contributed by atoms with Crippen molar-refractivity contribution in [2.45, 2.75) is 39.0 Å². The van der Waals surface area contributed by atoms with E-state index >= 15 is 0 Å². The van der Waals surface area contributed by atoms with Crippen molar-refractivity contribution in [3.63, 3.8) is 0 Å². The third kappa shape index (κ3) is 1.46. The number of rotatable bonds is 2. The molecule has 0 fully saturated rings. The standard InChI is InChI=1S/C11H19N3/c1-11(2)5-3-8-7-13-14-10(8)9(11)4-6-12/h7,9H,3-6,12H2,1-2H3,(H,13,14). The second-order valence-corrected chi connectivity index (χ2v) is 4.93. The number of H-pyrrole nitrogens is 1. The zero-order valence-electron chi connectivity index (χ0n) is 9.01. The molecule has 0 radical (unpaired) electrons. The Bertz CT molecular complexity index is 314. The largest absolute Gasteiger partial charge is 0.330 e. The van der Waals surface area contributed by atoms with Gasteiger partial charge in [0.05, 0.1) is 6.20 Å². The van der Waals surface area contributed by atoms with Crippen LogP contribution in [0.4, 0.5) is 0 Å². The van der Waals surface area contributed by atoms with Crippen molar-refractivity contribution in [1.29, 1.82) is 0 Å². The quantitative estimate of drug-likeness (QED) is 0.752. The topological polar surface area (TPSA) is 54.7 Å². The highest BCUT2D eigenvalue weighted by molar-refractivity contribution is 5.26. The van der Waals surface area contributed by atoms with Gasteiger partial charge in [0.2, 0.25) is 0 Å². The van der Waals surface area contributed by atoms with Gasteiger partial charge in [-0.05, 0) is 36.8 Å². The highest BCUT2D eigenvalue weighted by atomic mass is 15.1. The molecule has 1 aromatic rings. The number of nitrogens with two attached hydrogens (primary N) is 1. The monoisotopic (exact) mass is 193 g/mol. The van der Waals surface area contributed by atoms with E-state index in [0.717, 1.165) is 19.4 Å². The molecule has 1 heterocycles. The van der Waals surface area contributed by atoms with Crippen molar-refractivity contribution in [1.82, 2.24) is 10.2 Å². The molecule has 3 N–H and O–H groups in total. The second kappa shape index (κ2) is 3.39. The molecule has 3 heteroatoms. The van der Waals surface area contributed by atoms with Crippen molar-refractivity contribution in [2.24, 2.45) is 11.1 Å². The maximum absolute atomic E-state index is 5.67. The van der Waals surface area contributed by atoms with E-state index in [1.807, 2.05) is 6.20 Å². The van der Waals surface area contributed by atoms with Crippen molar-refractivity contribution < 1.29 is 0 Å². The normalized spacial score (nSPS) is 24.6. The maximum Gasteiger partial charge on any atom is 0.0522 e. The lowest BCUT2D eigenvalue weighted by molar-refractivity contribution is 0.232. The zero-order chi connectivity index (χ0) is 10.2. The van der Waals surface area contributed by atoms with E-state index in [4.69, 9.17) is 5.73 Å². The van der Waals surface area contributed by atoms with Gasteiger partial charge in [0, 0.05) is 11.6 Å². The van der Waals surface area contributed by atoms with E-state index in [1.54, 1.807) is 0 Å². The van der Waals surface area contributed by atoms with E-state index in [2.05, 4.69) is 24.0 Å². The van der Waals surface area contributed by atoms with Gasteiger partial charge in [0.1, 0.15) is 0 Å². The number of aryl methyl sites for hydroxylation is 1. The van der Waals surface area contributed by atoms with E-state index in [-0.39, 0.29) is 0 Å². The van der Waals surface area contributed by atoms with Crippen LogP contribution in [0.5, 0.6) is 0 Å². The van der Waals surface area contributed by atoms with Crippen LogP contribution in [0.3, 0.4) is 0 Å². The Hall–Kier alpha value is -0.830. The van der Waals surface area contributed by atoms with Gasteiger partial charge < -0.3 is 5.73 Å². The first-order chi connectivity index (χ1) is 6.65. The van der Waals surface area contributed by atoms with E-state index in [0.29, 0.717) is 11.3 Å². The number of hydrogen-bond acceptors (Lipinski definition) is 2. The molecular weight excluding hydrogens is 174 g/mol. The fraction of sp³-hybridized carbons (Fsp3) is 0.727. The molecule has 2 rings (SSSR count). The molecule has 0 bridgehead atoms. The lowest BCUT2D eigenvalue weighted by atomic mass is 9.67. The second-order valence-electron chi connectivity index (χ2n) is 4.93. The molecule has 3 nitrogen and oxygen atoms in total. The average Bonchev–Trinajstić information content (AvgIpc) is 2.58. The van der Waals surface area contributed by atoms with Crippen LogP contribution in [0.15, 0.2) is 6.20 Å². The lowest BCUT2D eigenvalue weighted by Gasteiger charge is -2.38. The van der Waals surface area contributed by atoms with Crippen LogP contribution in [-0.2, 0) is 6.42 Å². The summed E-state index contributed by atoms with van der Waals surface area (Å²) >= 11 is 0. The highest BCUT2D eigenvalue weighted by Crippen LogP contribution is 2.45. The van der Waals surface area contributed by atoms with E-state index in [9.17, 15) is 0 Å². The van der Waals surface area contributed by atoms with Gasteiger partial charge in [-0.25, -0.2) is 0 Å². The fourth-order valence-corrected chi connectivity index (χ4v) is 2.55. The molecule has 0 aliphatic heterocycles. The van der Waals surface area contributed by atoms with Crippen LogP contribution in [0.2, 0.25) is 0 Å². The van der Waals surface area contributed by atoms with Crippen molar-refractivity contribution in [3.05, 3.63) is 17.5 Å². The van der Waals surface area contributed by atoms with Gasteiger partial charge >= 0.3 is 0 Å². The van der Waals surface area contributed by atoms with Gasteiger partial charge in [-0.15, -0.1) is 0 Å². The predicted octanol–water partition coefficient (Wildman–Crippen LogP) is 1.81. The van der Waals surface area contributed by atoms with Gasteiger partial charge in [-0.3, -0.25) is 5.10 Å². The Labute approximate surface area is 85.1 Å². The van der Waals surface area contributed by atoms with E-state index < -0.39 is 0 Å². The minimum absolute atomic E-state index is 0.360. The number of aromatic nitrogens is 2. The van der Waals surface area contributed by atoms with Gasteiger partial charge in [-0.2, -0.15) is 5.10 Å². The summed E-state index contributed by atoms with van der Waals surface area (Å²) in [6.07, 6.45) is 5.42. The van der Waals surface area contributed by atoms with Crippen LogP contribution in [-0.4, -0.2) is 16.7 Å². The molecule has 1 unspecified atom stereocenters. The highest BCUT2D eigenvalue weighted by Gasteiger charge is 2.36. The molecule has 14 heavy (non-hydrogen) atoms. The molecule has 0 saturated carbocycles. The first-order valence-electron chi connectivity index (χ1n) is 5.37. The molecule has 1 aliphatic rings. The summed E-state index contributed by atoms with van der Waals surface area (Å²) in [5.74, 6) is 0.554. The summed E-state index contributed by atoms with van der Waals surface area (Å²) in [6.45, 7) is 5.42. The number of hydrogen-bond donors (Lipinski definition) is 2. The predicted molar refractivity (Wildman–Crippen MR) is 57.1 cm³/mol. The van der Waals surface area contributed by atoms with Gasteiger partial charge in [0.15, 0.2) is 0 Å². The van der Waals surface area contributed by atoms with E-state index in [1.165, 1.54) is 17.7 Å². The first kappa shape index (κ1) is 9.71. The van der Waals surface area contributed by atoms with Crippen molar-refractivity contribution in [3.8, 4) is 0 Å². The molecule has 0 aromatic carbocycles. The smallest absolute Gasteiger partial charge is 0.0522 e. The molecule has 1 aliphatic carbocycles. The van der Waals surface area contributed by atoms with Crippen molar-refractivity contribution >= 4 is 0 Å². The molecule has 1 atom stereocenters. The Balaban J connectivity index is 2.33. The number of nitrogens with one attached hydrogen (secondary N) is 1. The molecule has 1 aromatic heterocycles. The van der Waals surface area contributed by atoms with Crippen molar-refractivity contribution in [2.75, 3.05) is 6.54 Å². The minimum atomic E-state index is 0.360. The van der Waals surface area contributed by atoms with Crippen LogP contribution >= 0.6 is 0 Å². The Morgan fingerprint density at radius 3 is 3.14 bits per heavy atom. The fourth-order valence-electron chi connectivity index (χ4n) is 2.55. The van der Waals surface area contributed by atoms with Crippen LogP contribution in [0.25, 0.3) is 0 Å². The number of nitrogens with zero attached hydrogens (tertiary/aromatic N) is 1. The zero-order valence-corrected chi connectivity index (χ0v) is 9.01. The van der Waals surface area contributed by atoms with Crippen LogP contribution < -0.4 is 5.73 Å². The summed E-state index contributed by atoms with van der Waals surface area (Å²) < 4.78 is 0. The maximum atomic E-state index is 5.67. The number of aromatic amines is 1. The summed E-state index contributed by atoms with van der Waals surface area (Å²) in [6, 6.07) is 0. The Morgan fingerprint density at radius 2 is 2.43 bits per heavy atom. The third-order valence-electron chi connectivity index (χ3n) is 3.54. The molecule has 0 spiro atoms. The first-order valence-corrected chi connectivity index (χ1v) is 5.37. The molecule has 0 saturated heterocycles. The molecule has 78 valence electrons. The van der Waals surface area contributed by atoms with Gasteiger partial charge in [-0.1, -0.05) is 13.8 Å². The number of fused-ring (bicyclic) bond motifs is 1. The summed E-state index contributed by atoms with van der Waals surface area (Å²) in [5, 5.41) is 7.28. The molecule has 0 amide bonds. The average molecular weight is 193 g/mol. The van der Waals surface area contributed by atoms with Crippen LogP contribution in [0.1, 0.15) is 43.9 Å². The Kier molecular flexibility index (Phi) is 2.35. The third-order valence-corrected chi connectivity index (χ3v) is 3.54. The summed E-state index contributed by atoms with van der Waals surface area (Å²) in [4.78, 5) is 0. The Morgan fingerprint density at radius 1 is 1.64 bits per heavy atom. The van der Waals surface area contributed by atoms with Crippen LogP contribution in [0, 0.1) is 5.41 Å². The summed E-state index contributed by atoms with van der Waals surface area (Å²) in [7, 11) is 0. The summed E-state index contributed by atoms with van der Waals surface area (Å²) in [5.41, 5.74) is 8.75. The minimum Gasteiger partial charge on any atom is -0.330 e. The molecular formula is C11H19N3.